The van der Waals surface area contributed by atoms with E-state index >= 15 is 0 Å². The van der Waals surface area contributed by atoms with Crippen molar-refractivity contribution in [3.8, 4) is 0 Å². The van der Waals surface area contributed by atoms with E-state index in [-0.39, 0.29) is 42.0 Å². The van der Waals surface area contributed by atoms with Gasteiger partial charge in [-0.25, -0.2) is 4.79 Å². The topological polar surface area (TPSA) is 77.8 Å². The fourth-order valence-corrected chi connectivity index (χ4v) is 0. The van der Waals surface area contributed by atoms with Crippen molar-refractivity contribution in [3.05, 3.63) is 0 Å². The molecule has 6 heteroatoms. The van der Waals surface area contributed by atoms with E-state index in [9.17, 15) is 4.79 Å². The van der Waals surface area contributed by atoms with Crippen molar-refractivity contribution >= 4 is 47.9 Å². The van der Waals surface area contributed by atoms with Crippen LogP contribution in [0, 0.1) is 0 Å². The average molecular weight is 166 g/mol. The summed E-state index contributed by atoms with van der Waals surface area (Å²) >= 11 is 0. The molecular formula is C3H7ClNaO4. The van der Waals surface area contributed by atoms with E-state index in [4.69, 9.17) is 15.3 Å². The molecule has 51 valence electrons. The Morgan fingerprint density at radius 2 is 1.56 bits per heavy atom. The molecule has 0 fully saturated rings. The van der Waals surface area contributed by atoms with Crippen LogP contribution in [0.25, 0.3) is 0 Å². The van der Waals surface area contributed by atoms with Crippen LogP contribution in [0.2, 0.25) is 0 Å². The van der Waals surface area contributed by atoms with Gasteiger partial charge in [0.1, 0.15) is 0 Å². The van der Waals surface area contributed by atoms with Gasteiger partial charge in [-0.05, 0) is 0 Å². The van der Waals surface area contributed by atoms with Crippen LogP contribution in [0.5, 0.6) is 0 Å². The monoisotopic (exact) mass is 165 g/mol. The summed E-state index contributed by atoms with van der Waals surface area (Å²) in [6.45, 7) is 0.773. The molecule has 0 spiro atoms. The molecule has 0 saturated carbocycles. The standard InChI is InChI=1S/C3H6O4.ClH.Na/c1-3(6,7)2(4)5;;/h6-7H,1H3,(H,4,5);1H;. The van der Waals surface area contributed by atoms with Crippen LogP contribution in [0.4, 0.5) is 0 Å². The molecule has 0 heterocycles. The number of rotatable bonds is 1. The quantitative estimate of drug-likeness (QED) is 0.337. The molecule has 0 atom stereocenters. The van der Waals surface area contributed by atoms with E-state index in [1.165, 1.54) is 0 Å². The van der Waals surface area contributed by atoms with Gasteiger partial charge in [-0.3, -0.25) is 0 Å². The largest absolute Gasteiger partial charge is 0.477 e. The van der Waals surface area contributed by atoms with E-state index in [2.05, 4.69) is 0 Å². The molecule has 0 aromatic rings. The van der Waals surface area contributed by atoms with Crippen molar-refractivity contribution in [2.45, 2.75) is 12.7 Å². The van der Waals surface area contributed by atoms with Gasteiger partial charge in [0, 0.05) is 36.5 Å². The smallest absolute Gasteiger partial charge is 0.363 e. The minimum atomic E-state index is -2.58. The van der Waals surface area contributed by atoms with Crippen LogP contribution in [-0.2, 0) is 4.79 Å². The summed E-state index contributed by atoms with van der Waals surface area (Å²) in [4.78, 5) is 9.52. The third kappa shape index (κ3) is 8.68. The van der Waals surface area contributed by atoms with Crippen molar-refractivity contribution < 1.29 is 20.1 Å². The first-order valence-electron chi connectivity index (χ1n) is 1.62. The van der Waals surface area contributed by atoms with E-state index in [1.54, 1.807) is 0 Å². The summed E-state index contributed by atoms with van der Waals surface area (Å²) in [6, 6.07) is 0. The maximum atomic E-state index is 9.52. The summed E-state index contributed by atoms with van der Waals surface area (Å²) in [7, 11) is 0. The molecule has 0 amide bonds. The minimum absolute atomic E-state index is 0. The number of carboxylic acids is 1. The normalized spacial score (nSPS) is 8.78. The fraction of sp³-hybridized carbons (Fsp3) is 0.667. The van der Waals surface area contributed by atoms with Crippen molar-refractivity contribution in [1.29, 1.82) is 0 Å². The summed E-state index contributed by atoms with van der Waals surface area (Å²) < 4.78 is 0. The van der Waals surface area contributed by atoms with E-state index in [0.29, 0.717) is 0 Å². The Balaban J connectivity index is -0.000000180. The molecule has 0 saturated heterocycles. The first-order valence-corrected chi connectivity index (χ1v) is 1.62. The second-order valence-corrected chi connectivity index (χ2v) is 1.33. The molecule has 3 N–H and O–H groups in total. The predicted molar refractivity (Wildman–Crippen MR) is 33.5 cm³/mol. The van der Waals surface area contributed by atoms with E-state index in [1.807, 2.05) is 0 Å². The molecule has 0 aliphatic rings. The Labute approximate surface area is 80.6 Å². The molecule has 0 bridgehead atoms. The van der Waals surface area contributed by atoms with Crippen LogP contribution in [0.1, 0.15) is 6.92 Å². The third-order valence-electron chi connectivity index (χ3n) is 0.405. The first-order chi connectivity index (χ1) is 2.94. The Kier molecular flexibility index (Phi) is 9.92. The first kappa shape index (κ1) is 16.3. The van der Waals surface area contributed by atoms with Crippen molar-refractivity contribution in [2.75, 3.05) is 0 Å². The molecule has 4 nitrogen and oxygen atoms in total. The number of hydrogen-bond acceptors (Lipinski definition) is 3. The van der Waals surface area contributed by atoms with Gasteiger partial charge in [0.15, 0.2) is 0 Å². The maximum absolute atomic E-state index is 9.52. The van der Waals surface area contributed by atoms with Gasteiger partial charge in [-0.2, -0.15) is 0 Å². The van der Waals surface area contributed by atoms with Crippen molar-refractivity contribution in [3.63, 3.8) is 0 Å². The SMILES string of the molecule is CC(O)(O)C(=O)O.Cl.[Na]. The zero-order valence-corrected chi connectivity index (χ0v) is 7.97. The third-order valence-corrected chi connectivity index (χ3v) is 0.405. The zero-order valence-electron chi connectivity index (χ0n) is 5.16. The molecule has 0 unspecified atom stereocenters. The zero-order chi connectivity index (χ0) is 6.08. The molecule has 0 aliphatic carbocycles. The number of aliphatic carboxylic acids is 1. The summed E-state index contributed by atoms with van der Waals surface area (Å²) in [5, 5.41) is 23.9. The van der Waals surface area contributed by atoms with Crippen LogP contribution >= 0.6 is 12.4 Å². The molecule has 0 aromatic carbocycles. The maximum Gasteiger partial charge on any atom is 0.363 e. The Morgan fingerprint density at radius 1 is 1.44 bits per heavy atom. The molecule has 0 aliphatic heterocycles. The molecular weight excluding hydrogens is 158 g/mol. The van der Waals surface area contributed by atoms with Crippen LogP contribution in [-0.4, -0.2) is 56.6 Å². The number of aliphatic hydroxyl groups is 2. The van der Waals surface area contributed by atoms with Gasteiger partial charge in [-0.1, -0.05) is 0 Å². The average Bonchev–Trinajstić information content (AvgIpc) is 1.31. The predicted octanol–water partition coefficient (Wildman–Crippen LogP) is -1.19. The van der Waals surface area contributed by atoms with Gasteiger partial charge < -0.3 is 15.3 Å². The number of carbonyl (C=O) groups is 1. The van der Waals surface area contributed by atoms with Crippen molar-refractivity contribution in [2.24, 2.45) is 0 Å². The van der Waals surface area contributed by atoms with Crippen molar-refractivity contribution in [1.82, 2.24) is 0 Å². The summed E-state index contributed by atoms with van der Waals surface area (Å²) in [5.74, 6) is -4.23. The van der Waals surface area contributed by atoms with Gasteiger partial charge in [-0.15, -0.1) is 12.4 Å². The van der Waals surface area contributed by atoms with E-state index < -0.39 is 11.8 Å². The number of carboxylic acid groups (broad SMARTS) is 1. The van der Waals surface area contributed by atoms with Gasteiger partial charge in [0.25, 0.3) is 5.79 Å². The second kappa shape index (κ2) is 5.46. The summed E-state index contributed by atoms with van der Waals surface area (Å²) in [6.07, 6.45) is 0. The minimum Gasteiger partial charge on any atom is -0.477 e. The molecule has 0 aromatic heterocycles. The Bertz CT molecular complexity index is 88.3. The molecule has 9 heavy (non-hydrogen) atoms. The van der Waals surface area contributed by atoms with Gasteiger partial charge >= 0.3 is 5.97 Å². The van der Waals surface area contributed by atoms with E-state index in [0.717, 1.165) is 6.92 Å². The number of hydrogen-bond donors (Lipinski definition) is 3. The summed E-state index contributed by atoms with van der Waals surface area (Å²) in [5.41, 5.74) is 0. The fourth-order valence-electron chi connectivity index (χ4n) is 0. The Hall–Kier alpha value is 0.680. The van der Waals surface area contributed by atoms with Gasteiger partial charge in [0.2, 0.25) is 0 Å². The second-order valence-electron chi connectivity index (χ2n) is 1.33. The van der Waals surface area contributed by atoms with Crippen LogP contribution < -0.4 is 0 Å². The molecule has 1 radical (unpaired) electrons. The van der Waals surface area contributed by atoms with Gasteiger partial charge in [0.05, 0.1) is 0 Å². The Morgan fingerprint density at radius 3 is 1.56 bits per heavy atom. The van der Waals surface area contributed by atoms with Crippen LogP contribution in [0.15, 0.2) is 0 Å². The van der Waals surface area contributed by atoms with Crippen LogP contribution in [0.3, 0.4) is 0 Å². The number of halogens is 1. The molecule has 0 rings (SSSR count).